The van der Waals surface area contributed by atoms with Crippen molar-refractivity contribution in [3.8, 4) is 17.1 Å². The van der Waals surface area contributed by atoms with Gasteiger partial charge in [0.15, 0.2) is 5.82 Å². The van der Waals surface area contributed by atoms with Gasteiger partial charge in [-0.2, -0.15) is 28.2 Å². The van der Waals surface area contributed by atoms with Crippen molar-refractivity contribution in [1.29, 1.82) is 0 Å². The molecule has 4 aliphatic heterocycles. The molecule has 0 saturated carbocycles. The Labute approximate surface area is 266 Å². The number of piperazine rings is 1. The highest BCUT2D eigenvalue weighted by molar-refractivity contribution is 6.16. The van der Waals surface area contributed by atoms with Gasteiger partial charge in [0.2, 0.25) is 0 Å². The van der Waals surface area contributed by atoms with Gasteiger partial charge in [-0.15, -0.1) is 0 Å². The summed E-state index contributed by atoms with van der Waals surface area (Å²) in [5.74, 6) is -1.93. The largest absolute Gasteiger partial charge is 0.461 e. The predicted octanol–water partition coefficient (Wildman–Crippen LogP) is 5.27. The number of nitrogen functional groups attached to an aromatic ring is 1. The highest BCUT2D eigenvalue weighted by atomic mass is 19.4. The first kappa shape index (κ1) is 30.5. The lowest BCUT2D eigenvalue weighted by molar-refractivity contribution is -0.137. The summed E-state index contributed by atoms with van der Waals surface area (Å²) >= 11 is 0. The third kappa shape index (κ3) is 4.79. The number of aromatic nitrogens is 4. The number of fused-ring (bicyclic) bond motifs is 6. The van der Waals surface area contributed by atoms with E-state index < -0.39 is 57.5 Å². The number of halogens is 6. The molecule has 3 N–H and O–H groups in total. The fourth-order valence-corrected chi connectivity index (χ4v) is 8.45. The minimum atomic E-state index is -5.04. The van der Waals surface area contributed by atoms with Gasteiger partial charge < -0.3 is 20.7 Å². The maximum atomic E-state index is 17.1. The molecule has 4 aromatic rings. The van der Waals surface area contributed by atoms with E-state index in [0.29, 0.717) is 37.3 Å². The number of ether oxygens (including phenoxy) is 1. The normalized spacial score (nSPS) is 26.2. The molecule has 2 aromatic carbocycles. The van der Waals surface area contributed by atoms with Crippen LogP contribution in [0.25, 0.3) is 32.9 Å². The first-order valence-corrected chi connectivity index (χ1v) is 15.9. The van der Waals surface area contributed by atoms with Crippen LogP contribution < -0.4 is 20.7 Å². The van der Waals surface area contributed by atoms with Gasteiger partial charge in [-0.3, -0.25) is 9.58 Å². The van der Waals surface area contributed by atoms with E-state index >= 15 is 4.39 Å². The molecule has 4 saturated heterocycles. The van der Waals surface area contributed by atoms with Crippen molar-refractivity contribution in [2.24, 2.45) is 7.05 Å². The molecule has 8 rings (SSSR count). The van der Waals surface area contributed by atoms with Crippen LogP contribution in [0.2, 0.25) is 0 Å². The zero-order valence-corrected chi connectivity index (χ0v) is 25.9. The summed E-state index contributed by atoms with van der Waals surface area (Å²) in [7, 11) is 1.58. The number of hydrogen-bond acceptors (Lipinski definition) is 8. The molecule has 4 aliphatic rings. The Kier molecular flexibility index (Phi) is 6.86. The molecule has 2 unspecified atom stereocenters. The monoisotopic (exact) mass is 660 g/mol. The summed E-state index contributed by atoms with van der Waals surface area (Å²) in [6, 6.07) is 1.02. The Morgan fingerprint density at radius 3 is 2.55 bits per heavy atom. The summed E-state index contributed by atoms with van der Waals surface area (Å²) in [6.45, 7) is 3.25. The average Bonchev–Trinajstić information content (AvgIpc) is 3.75. The molecular formula is C32H34F6N8O. The maximum Gasteiger partial charge on any atom is 0.417 e. The van der Waals surface area contributed by atoms with Crippen LogP contribution >= 0.6 is 0 Å². The topological polar surface area (TPSA) is 97.4 Å². The molecular weight excluding hydrogens is 626 g/mol. The molecule has 0 aliphatic carbocycles. The molecule has 250 valence electrons. The molecule has 2 bridgehead atoms. The van der Waals surface area contributed by atoms with E-state index in [9.17, 15) is 22.0 Å². The second-order valence-corrected chi connectivity index (χ2v) is 13.5. The minimum Gasteiger partial charge on any atom is -0.461 e. The van der Waals surface area contributed by atoms with Crippen LogP contribution in [0.3, 0.4) is 0 Å². The van der Waals surface area contributed by atoms with Gasteiger partial charge in [-0.05, 0) is 50.8 Å². The van der Waals surface area contributed by atoms with Gasteiger partial charge in [0.05, 0.1) is 22.2 Å². The lowest BCUT2D eigenvalue weighted by Gasteiger charge is -2.35. The van der Waals surface area contributed by atoms with Crippen molar-refractivity contribution < 1.29 is 31.1 Å². The van der Waals surface area contributed by atoms with E-state index in [1.165, 1.54) is 4.68 Å². The third-order valence-electron chi connectivity index (χ3n) is 10.5. The summed E-state index contributed by atoms with van der Waals surface area (Å²) in [6.07, 6.45) is -0.592. The van der Waals surface area contributed by atoms with Crippen molar-refractivity contribution >= 4 is 33.3 Å². The van der Waals surface area contributed by atoms with Gasteiger partial charge >= 0.3 is 12.2 Å². The van der Waals surface area contributed by atoms with Gasteiger partial charge in [0.1, 0.15) is 35.4 Å². The highest BCUT2D eigenvalue weighted by Gasteiger charge is 2.49. The minimum absolute atomic E-state index is 0.0644. The van der Waals surface area contributed by atoms with Crippen LogP contribution in [-0.4, -0.2) is 81.2 Å². The number of nitrogens with zero attached hydrogens (tertiary/aromatic N) is 6. The third-order valence-corrected chi connectivity index (χ3v) is 10.5. The number of hydrogen-bond donors (Lipinski definition) is 2. The van der Waals surface area contributed by atoms with Gasteiger partial charge in [-0.1, -0.05) is 0 Å². The van der Waals surface area contributed by atoms with E-state index in [2.05, 4.69) is 20.3 Å². The number of aryl methyl sites for hydroxylation is 1. The summed E-state index contributed by atoms with van der Waals surface area (Å²) in [5.41, 5.74) is 1.20. The molecule has 0 spiro atoms. The zero-order valence-electron chi connectivity index (χ0n) is 25.9. The summed E-state index contributed by atoms with van der Waals surface area (Å²) in [5, 5.41) is 8.58. The molecule has 4 atom stereocenters. The quantitative estimate of drug-likeness (QED) is 0.221. The van der Waals surface area contributed by atoms with Crippen molar-refractivity contribution in [3.05, 3.63) is 35.0 Å². The lowest BCUT2D eigenvalue weighted by Crippen LogP contribution is -2.51. The number of rotatable bonds is 5. The summed E-state index contributed by atoms with van der Waals surface area (Å²) in [4.78, 5) is 13.4. The maximum absolute atomic E-state index is 17.1. The van der Waals surface area contributed by atoms with Crippen LogP contribution in [0, 0.1) is 18.6 Å². The number of nitrogens with one attached hydrogen (secondary N) is 1. The predicted molar refractivity (Wildman–Crippen MR) is 164 cm³/mol. The second kappa shape index (κ2) is 10.6. The lowest BCUT2D eigenvalue weighted by atomic mass is 9.91. The van der Waals surface area contributed by atoms with Gasteiger partial charge in [-0.25, -0.2) is 13.2 Å². The van der Waals surface area contributed by atoms with Crippen molar-refractivity contribution in [2.45, 2.75) is 69.0 Å². The molecule has 0 radical (unpaired) electrons. The van der Waals surface area contributed by atoms with E-state index in [0.717, 1.165) is 45.2 Å². The standard InChI is InChI=1S/C32H34F6N8O/c1-15-24(32(36,37)38)19(8-21(39)25(15)34)22-26(35)28-23(20-13-44(2)43-27(20)22)29(45-11-17-4-5-18(12-45)40-17)42-30(41-28)47-14-31-6-3-7-46(31)10-16(33)9-31/h8,13,16-18,40H,3-7,9-12,14,39H2,1-2H3/t16-,17?,18?,31+/m1/s1. The molecule has 15 heteroatoms. The zero-order chi connectivity index (χ0) is 33.0. The van der Waals surface area contributed by atoms with Gasteiger partial charge in [0, 0.05) is 67.9 Å². The van der Waals surface area contributed by atoms with Gasteiger partial charge in [0.25, 0.3) is 0 Å². The Bertz CT molecular complexity index is 1920. The van der Waals surface area contributed by atoms with Crippen LogP contribution in [0.1, 0.15) is 43.2 Å². The van der Waals surface area contributed by atoms with E-state index in [1.807, 2.05) is 4.90 Å². The SMILES string of the molecule is Cc1c(F)c(N)cc(-c2c(F)c3nc(OC[C@@]45CCCN4C[C@H](F)C5)nc(N4CC5CCC(C4)N5)c3c3cn(C)nc23)c1C(F)(F)F. The molecule has 6 heterocycles. The van der Waals surface area contributed by atoms with Crippen LogP contribution in [-0.2, 0) is 13.2 Å². The number of anilines is 2. The smallest absolute Gasteiger partial charge is 0.417 e. The van der Waals surface area contributed by atoms with Crippen LogP contribution in [0.15, 0.2) is 12.3 Å². The van der Waals surface area contributed by atoms with Crippen LogP contribution in [0.5, 0.6) is 6.01 Å². The molecule has 47 heavy (non-hydrogen) atoms. The number of benzene rings is 2. The van der Waals surface area contributed by atoms with Crippen molar-refractivity contribution in [1.82, 2.24) is 30.0 Å². The second-order valence-electron chi connectivity index (χ2n) is 13.5. The fourth-order valence-electron chi connectivity index (χ4n) is 8.45. The van der Waals surface area contributed by atoms with Crippen LogP contribution in [0.4, 0.5) is 37.8 Å². The Morgan fingerprint density at radius 1 is 1.09 bits per heavy atom. The van der Waals surface area contributed by atoms with E-state index in [1.54, 1.807) is 13.2 Å². The molecule has 9 nitrogen and oxygen atoms in total. The highest BCUT2D eigenvalue weighted by Crippen LogP contribution is 2.48. The fraction of sp³-hybridized carbons (Fsp3) is 0.531. The Morgan fingerprint density at radius 2 is 1.83 bits per heavy atom. The number of alkyl halides is 4. The number of nitrogens with two attached hydrogens (primary N) is 1. The average molecular weight is 661 g/mol. The molecule has 0 amide bonds. The first-order valence-electron chi connectivity index (χ1n) is 15.9. The molecule has 4 fully saturated rings. The Balaban J connectivity index is 1.37. The van der Waals surface area contributed by atoms with Crippen molar-refractivity contribution in [3.63, 3.8) is 0 Å². The van der Waals surface area contributed by atoms with E-state index in [-0.39, 0.29) is 41.1 Å². The van der Waals surface area contributed by atoms with E-state index in [4.69, 9.17) is 15.5 Å². The van der Waals surface area contributed by atoms with Crippen molar-refractivity contribution in [2.75, 3.05) is 43.4 Å². The Hall–Kier alpha value is -3.85. The molecule has 2 aromatic heterocycles. The summed E-state index contributed by atoms with van der Waals surface area (Å²) < 4.78 is 97.6. The first-order chi connectivity index (χ1) is 22.3.